The van der Waals surface area contributed by atoms with E-state index in [2.05, 4.69) is 170 Å². The summed E-state index contributed by atoms with van der Waals surface area (Å²) in [4.78, 5) is 2.43. The monoisotopic (exact) mass is 593 g/mol. The maximum absolute atomic E-state index is 2.44. The van der Waals surface area contributed by atoms with Crippen molar-refractivity contribution in [3.63, 3.8) is 0 Å². The average molecular weight is 594 g/mol. The minimum absolute atomic E-state index is 0.0505. The molecule has 0 radical (unpaired) electrons. The van der Waals surface area contributed by atoms with Crippen molar-refractivity contribution in [2.75, 3.05) is 4.90 Å². The summed E-state index contributed by atoms with van der Waals surface area (Å²) < 4.78 is 2.63. The Kier molecular flexibility index (Phi) is 5.78. The fourth-order valence-corrected chi connectivity index (χ4v) is 8.62. The molecule has 0 atom stereocenters. The Balaban J connectivity index is 1.27. The van der Waals surface area contributed by atoms with Gasteiger partial charge in [-0.05, 0) is 81.2 Å². The molecule has 45 heavy (non-hydrogen) atoms. The molecule has 1 nitrogen and oxygen atoms in total. The predicted octanol–water partition coefficient (Wildman–Crippen LogP) is 12.7. The van der Waals surface area contributed by atoms with E-state index in [9.17, 15) is 0 Å². The highest BCUT2D eigenvalue weighted by molar-refractivity contribution is 7.25. The summed E-state index contributed by atoms with van der Waals surface area (Å²) in [5, 5.41) is 5.13. The summed E-state index contributed by atoms with van der Waals surface area (Å²) >= 11 is 1.87. The van der Waals surface area contributed by atoms with Crippen LogP contribution in [-0.2, 0) is 5.41 Å². The second-order valence-electron chi connectivity index (χ2n) is 12.6. The highest BCUT2D eigenvalue weighted by Gasteiger charge is 2.35. The Morgan fingerprint density at radius 1 is 0.489 bits per heavy atom. The minimum Gasteiger partial charge on any atom is -0.310 e. The van der Waals surface area contributed by atoms with Crippen molar-refractivity contribution >= 4 is 59.3 Å². The number of nitrogens with zero attached hydrogens (tertiary/aromatic N) is 1. The van der Waals surface area contributed by atoms with Crippen LogP contribution in [0, 0.1) is 0 Å². The Morgan fingerprint density at radius 2 is 1.20 bits per heavy atom. The molecule has 1 aliphatic carbocycles. The van der Waals surface area contributed by atoms with Crippen LogP contribution in [0.2, 0.25) is 0 Å². The number of rotatable bonds is 4. The van der Waals surface area contributed by atoms with Gasteiger partial charge in [0.2, 0.25) is 0 Å². The van der Waals surface area contributed by atoms with Crippen LogP contribution < -0.4 is 4.90 Å². The molecule has 2 heteroatoms. The van der Waals surface area contributed by atoms with Crippen LogP contribution in [0.5, 0.6) is 0 Å². The van der Waals surface area contributed by atoms with E-state index in [1.807, 2.05) is 11.3 Å². The number of thiophene rings is 1. The van der Waals surface area contributed by atoms with Gasteiger partial charge in [0.1, 0.15) is 0 Å². The molecule has 0 N–H and O–H groups in total. The Bertz CT molecular complexity index is 2410. The van der Waals surface area contributed by atoms with Crippen molar-refractivity contribution in [2.24, 2.45) is 0 Å². The number of fused-ring (bicyclic) bond motifs is 7. The molecular weight excluding hydrogens is 563 g/mol. The van der Waals surface area contributed by atoms with Crippen molar-refractivity contribution in [1.82, 2.24) is 0 Å². The second-order valence-corrected chi connectivity index (χ2v) is 13.6. The molecular formula is C43H31NS. The number of para-hydroxylation sites is 1. The quantitative estimate of drug-likeness (QED) is 0.196. The van der Waals surface area contributed by atoms with E-state index in [1.165, 1.54) is 70.0 Å². The molecule has 7 aromatic carbocycles. The highest BCUT2D eigenvalue weighted by Crippen LogP contribution is 2.51. The van der Waals surface area contributed by atoms with Crippen molar-refractivity contribution in [3.05, 3.63) is 163 Å². The zero-order chi connectivity index (χ0) is 30.1. The molecule has 0 saturated carbocycles. The summed E-state index contributed by atoms with van der Waals surface area (Å²) in [7, 11) is 0. The topological polar surface area (TPSA) is 3.24 Å². The van der Waals surface area contributed by atoms with Gasteiger partial charge in [0.15, 0.2) is 0 Å². The van der Waals surface area contributed by atoms with Gasteiger partial charge in [-0.1, -0.05) is 123 Å². The van der Waals surface area contributed by atoms with Gasteiger partial charge >= 0.3 is 0 Å². The largest absolute Gasteiger partial charge is 0.310 e. The standard InChI is InChI=1S/C43H31NS/c1-43(2)37-19-8-6-16-33(37)34-24-22-29(26-38(34)43)32-18-10-12-28-13-11-20-39(42(28)32)44(30-14-4-3-5-15-30)31-23-25-36-35-17-7-9-21-40(35)45-41(36)27-31/h3-27H,1-2H3. The lowest BCUT2D eigenvalue weighted by Gasteiger charge is -2.28. The van der Waals surface area contributed by atoms with Crippen LogP contribution >= 0.6 is 11.3 Å². The normalized spacial score (nSPS) is 13.3. The first kappa shape index (κ1) is 26.2. The molecule has 0 fully saturated rings. The van der Waals surface area contributed by atoms with Gasteiger partial charge in [-0.25, -0.2) is 0 Å². The van der Waals surface area contributed by atoms with E-state index in [4.69, 9.17) is 0 Å². The van der Waals surface area contributed by atoms with Crippen LogP contribution in [-0.4, -0.2) is 0 Å². The maximum Gasteiger partial charge on any atom is 0.0546 e. The first-order chi connectivity index (χ1) is 22.1. The van der Waals surface area contributed by atoms with Gasteiger partial charge in [-0.3, -0.25) is 0 Å². The van der Waals surface area contributed by atoms with E-state index in [-0.39, 0.29) is 5.41 Å². The number of anilines is 3. The Labute approximate surface area is 267 Å². The molecule has 0 saturated heterocycles. The van der Waals surface area contributed by atoms with Crippen molar-refractivity contribution in [1.29, 1.82) is 0 Å². The molecule has 9 rings (SSSR count). The molecule has 214 valence electrons. The molecule has 0 aliphatic heterocycles. The van der Waals surface area contributed by atoms with Gasteiger partial charge in [-0.2, -0.15) is 0 Å². The zero-order valence-electron chi connectivity index (χ0n) is 25.3. The summed E-state index contributed by atoms with van der Waals surface area (Å²) in [6, 6.07) is 55.9. The van der Waals surface area contributed by atoms with Crippen molar-refractivity contribution < 1.29 is 0 Å². The minimum atomic E-state index is -0.0505. The van der Waals surface area contributed by atoms with Gasteiger partial charge < -0.3 is 4.90 Å². The third-order valence-corrected chi connectivity index (χ3v) is 10.8. The lowest BCUT2D eigenvalue weighted by Crippen LogP contribution is -2.15. The Hall–Kier alpha value is -5.18. The molecule has 0 bridgehead atoms. The van der Waals surface area contributed by atoms with Gasteiger partial charge in [0.05, 0.1) is 5.69 Å². The fraction of sp³-hybridized carbons (Fsp3) is 0.0698. The average Bonchev–Trinajstić information content (AvgIpc) is 3.57. The second kappa shape index (κ2) is 9.92. The summed E-state index contributed by atoms with van der Waals surface area (Å²) in [6.07, 6.45) is 0. The lowest BCUT2D eigenvalue weighted by atomic mass is 9.81. The predicted molar refractivity (Wildman–Crippen MR) is 195 cm³/mol. The first-order valence-electron chi connectivity index (χ1n) is 15.6. The third kappa shape index (κ3) is 3.99. The maximum atomic E-state index is 2.44. The van der Waals surface area contributed by atoms with Gasteiger partial charge in [-0.15, -0.1) is 11.3 Å². The summed E-state index contributed by atoms with van der Waals surface area (Å²) in [5.41, 5.74) is 11.4. The van der Waals surface area contributed by atoms with E-state index in [0.717, 1.165) is 11.4 Å². The van der Waals surface area contributed by atoms with E-state index >= 15 is 0 Å². The zero-order valence-corrected chi connectivity index (χ0v) is 26.1. The molecule has 8 aromatic rings. The summed E-state index contributed by atoms with van der Waals surface area (Å²) in [5.74, 6) is 0. The Morgan fingerprint density at radius 3 is 2.09 bits per heavy atom. The molecule has 0 spiro atoms. The van der Waals surface area contributed by atoms with E-state index < -0.39 is 0 Å². The van der Waals surface area contributed by atoms with Gasteiger partial charge in [0.25, 0.3) is 0 Å². The van der Waals surface area contributed by atoms with E-state index in [1.54, 1.807) is 0 Å². The smallest absolute Gasteiger partial charge is 0.0546 e. The van der Waals surface area contributed by atoms with Crippen molar-refractivity contribution in [3.8, 4) is 22.3 Å². The fourth-order valence-electron chi connectivity index (χ4n) is 7.48. The first-order valence-corrected chi connectivity index (χ1v) is 16.4. The van der Waals surface area contributed by atoms with Crippen molar-refractivity contribution in [2.45, 2.75) is 19.3 Å². The molecule has 1 heterocycles. The molecule has 0 amide bonds. The SMILES string of the molecule is CC1(C)c2ccccc2-c2ccc(-c3cccc4cccc(N(c5ccccc5)c5ccc6c(c5)sc5ccccc56)c34)cc21. The van der Waals surface area contributed by atoms with Crippen LogP contribution in [0.15, 0.2) is 152 Å². The molecule has 0 unspecified atom stereocenters. The molecule has 1 aromatic heterocycles. The van der Waals surface area contributed by atoms with Crippen LogP contribution in [0.3, 0.4) is 0 Å². The lowest BCUT2D eigenvalue weighted by molar-refractivity contribution is 0.660. The number of hydrogen-bond donors (Lipinski definition) is 0. The van der Waals surface area contributed by atoms with Gasteiger partial charge in [0, 0.05) is 42.3 Å². The van der Waals surface area contributed by atoms with E-state index in [0.29, 0.717) is 0 Å². The number of hydrogen-bond acceptors (Lipinski definition) is 2. The van der Waals surface area contributed by atoms with Crippen LogP contribution in [0.1, 0.15) is 25.0 Å². The highest BCUT2D eigenvalue weighted by atomic mass is 32.1. The number of benzene rings is 7. The third-order valence-electron chi connectivity index (χ3n) is 9.65. The summed E-state index contributed by atoms with van der Waals surface area (Å²) in [6.45, 7) is 4.72. The molecule has 1 aliphatic rings. The van der Waals surface area contributed by atoms with Crippen LogP contribution in [0.25, 0.3) is 53.2 Å². The van der Waals surface area contributed by atoms with Crippen LogP contribution in [0.4, 0.5) is 17.1 Å².